The van der Waals surface area contributed by atoms with Crippen LogP contribution in [0.4, 0.5) is 0 Å². The third kappa shape index (κ3) is 33.6. The van der Waals surface area contributed by atoms with Crippen molar-refractivity contribution >= 4 is 29.8 Å². The molecule has 0 heterocycles. The van der Waals surface area contributed by atoms with Gasteiger partial charge in [-0.25, -0.2) is 4.79 Å². The summed E-state index contributed by atoms with van der Waals surface area (Å²) in [5.41, 5.74) is 0. The van der Waals surface area contributed by atoms with E-state index in [1.807, 2.05) is 25.9 Å². The predicted molar refractivity (Wildman–Crippen MR) is 208 cm³/mol. The molecule has 0 saturated carbocycles. The molecule has 53 heavy (non-hydrogen) atoms. The number of carbonyl (C=O) groups excluding carboxylic acids is 5. The summed E-state index contributed by atoms with van der Waals surface area (Å²) in [6.45, 7) is 7.47. The van der Waals surface area contributed by atoms with E-state index in [1.165, 1.54) is 51.4 Å². The molecular formula is C42H77NO10. The minimum atomic E-state index is -1.36. The maximum atomic E-state index is 12.9. The quantitative estimate of drug-likeness (QED) is 0.0341. The monoisotopic (exact) mass is 756 g/mol. The molecule has 0 rings (SSSR count). The largest absolute Gasteiger partial charge is 0.466 e. The first kappa shape index (κ1) is 50.3. The smallest absolute Gasteiger partial charge is 0.348 e. The van der Waals surface area contributed by atoms with Crippen molar-refractivity contribution in [3.63, 3.8) is 0 Å². The molecule has 0 aliphatic heterocycles. The van der Waals surface area contributed by atoms with Crippen molar-refractivity contribution in [2.24, 2.45) is 0 Å². The number of rotatable bonds is 37. The molecule has 0 aliphatic carbocycles. The summed E-state index contributed by atoms with van der Waals surface area (Å²) in [5, 5.41) is 0. The standard InChI is InChI=1S/C42H77NO10/c1-6-8-10-12-16-22-28-38(44)49-30-24-18-14-20-26-32-51-40(46)35-37(53-41(47)34-36(3)43(4)5)42(48)52-33-27-21-15-19-25-31-50-39(45)29-23-17-13-11-9-7-2/h36-37H,6-35H2,1-5H3/t36?,37-/m0/s1. The molecule has 1 unspecified atom stereocenters. The fraction of sp³-hybridized carbons (Fsp3) is 0.881. The maximum absolute atomic E-state index is 12.9. The van der Waals surface area contributed by atoms with Gasteiger partial charge in [0.25, 0.3) is 0 Å². The molecule has 0 N–H and O–H groups in total. The van der Waals surface area contributed by atoms with Crippen LogP contribution in [0.25, 0.3) is 0 Å². The third-order valence-corrected chi connectivity index (χ3v) is 9.31. The highest BCUT2D eigenvalue weighted by atomic mass is 16.6. The highest BCUT2D eigenvalue weighted by Crippen LogP contribution is 2.13. The Labute approximate surface area is 322 Å². The lowest BCUT2D eigenvalue weighted by molar-refractivity contribution is -0.172. The Hall–Kier alpha value is -2.69. The van der Waals surface area contributed by atoms with Gasteiger partial charge in [0.1, 0.15) is 0 Å². The third-order valence-electron chi connectivity index (χ3n) is 9.31. The lowest BCUT2D eigenvalue weighted by Crippen LogP contribution is -2.35. The van der Waals surface area contributed by atoms with Crippen molar-refractivity contribution in [3.05, 3.63) is 0 Å². The van der Waals surface area contributed by atoms with Crippen LogP contribution in [0.3, 0.4) is 0 Å². The fourth-order valence-corrected chi connectivity index (χ4v) is 5.55. The first-order valence-electron chi connectivity index (χ1n) is 21.1. The van der Waals surface area contributed by atoms with Crippen molar-refractivity contribution in [1.29, 1.82) is 0 Å². The van der Waals surface area contributed by atoms with E-state index in [-0.39, 0.29) is 37.6 Å². The van der Waals surface area contributed by atoms with Gasteiger partial charge in [0.2, 0.25) is 6.10 Å². The zero-order chi connectivity index (χ0) is 39.4. The summed E-state index contributed by atoms with van der Waals surface area (Å²) in [6.07, 6.45) is 21.2. The summed E-state index contributed by atoms with van der Waals surface area (Å²) < 4.78 is 26.8. The molecule has 11 heteroatoms. The van der Waals surface area contributed by atoms with Crippen LogP contribution in [0, 0.1) is 0 Å². The molecule has 0 saturated heterocycles. The molecule has 0 fully saturated rings. The molecule has 11 nitrogen and oxygen atoms in total. The Balaban J connectivity index is 4.25. The number of hydrogen-bond donors (Lipinski definition) is 0. The molecule has 0 spiro atoms. The lowest BCUT2D eigenvalue weighted by atomic mass is 10.1. The van der Waals surface area contributed by atoms with E-state index in [0.717, 1.165) is 77.0 Å². The van der Waals surface area contributed by atoms with Gasteiger partial charge in [-0.05, 0) is 59.5 Å². The number of carbonyl (C=O) groups is 5. The second kappa shape index (κ2) is 36.3. The topological polar surface area (TPSA) is 135 Å². The summed E-state index contributed by atoms with van der Waals surface area (Å²) >= 11 is 0. The van der Waals surface area contributed by atoms with Crippen LogP contribution in [0.5, 0.6) is 0 Å². The second-order valence-corrected chi connectivity index (χ2v) is 14.6. The van der Waals surface area contributed by atoms with Gasteiger partial charge >= 0.3 is 29.8 Å². The van der Waals surface area contributed by atoms with E-state index in [1.54, 1.807) is 0 Å². The molecular weight excluding hydrogens is 678 g/mol. The van der Waals surface area contributed by atoms with Gasteiger partial charge < -0.3 is 28.6 Å². The van der Waals surface area contributed by atoms with E-state index < -0.39 is 30.4 Å². The van der Waals surface area contributed by atoms with Crippen LogP contribution < -0.4 is 0 Å². The highest BCUT2D eigenvalue weighted by Gasteiger charge is 2.29. The Morgan fingerprint density at radius 3 is 1.21 bits per heavy atom. The SMILES string of the molecule is CCCCCCCCC(=O)OCCCCCCCOC(=O)C[C@H](OC(=O)CC(C)N(C)C)C(=O)OCCCCCCCOC(=O)CCCCCCCC. The van der Waals surface area contributed by atoms with Crippen LogP contribution >= 0.6 is 0 Å². The molecule has 0 aromatic heterocycles. The molecule has 0 radical (unpaired) electrons. The van der Waals surface area contributed by atoms with Crippen LogP contribution in [-0.4, -0.2) is 87.4 Å². The number of hydrogen-bond acceptors (Lipinski definition) is 11. The van der Waals surface area contributed by atoms with E-state index in [0.29, 0.717) is 38.9 Å². The average Bonchev–Trinajstić information content (AvgIpc) is 3.12. The Kier molecular flexibility index (Phi) is 34.5. The van der Waals surface area contributed by atoms with Gasteiger partial charge in [0.05, 0.1) is 39.3 Å². The van der Waals surface area contributed by atoms with Crippen LogP contribution in [0.2, 0.25) is 0 Å². The summed E-state index contributed by atoms with van der Waals surface area (Å²) in [6, 6.07) is -0.105. The van der Waals surface area contributed by atoms with Gasteiger partial charge in [0, 0.05) is 18.9 Å². The predicted octanol–water partition coefficient (Wildman–Crippen LogP) is 9.20. The lowest BCUT2D eigenvalue weighted by Gasteiger charge is -2.21. The molecule has 0 aliphatic rings. The van der Waals surface area contributed by atoms with E-state index in [9.17, 15) is 24.0 Å². The Morgan fingerprint density at radius 1 is 0.434 bits per heavy atom. The van der Waals surface area contributed by atoms with Gasteiger partial charge in [-0.15, -0.1) is 0 Å². The molecule has 2 atom stereocenters. The summed E-state index contributed by atoms with van der Waals surface area (Å²) in [4.78, 5) is 63.6. The van der Waals surface area contributed by atoms with Crippen molar-refractivity contribution in [1.82, 2.24) is 4.90 Å². The summed E-state index contributed by atoms with van der Waals surface area (Å²) in [7, 11) is 3.69. The number of nitrogens with zero attached hydrogens (tertiary/aromatic N) is 1. The molecule has 0 aromatic rings. The minimum Gasteiger partial charge on any atom is -0.466 e. The molecule has 0 aromatic carbocycles. The van der Waals surface area contributed by atoms with Crippen molar-refractivity contribution in [2.75, 3.05) is 40.5 Å². The zero-order valence-corrected chi connectivity index (χ0v) is 34.4. The number of ether oxygens (including phenoxy) is 5. The summed E-state index contributed by atoms with van der Waals surface area (Å²) in [5.74, 6) is -2.19. The average molecular weight is 756 g/mol. The van der Waals surface area contributed by atoms with Crippen molar-refractivity contribution in [3.8, 4) is 0 Å². The van der Waals surface area contributed by atoms with Crippen LogP contribution in [0.1, 0.15) is 188 Å². The first-order valence-corrected chi connectivity index (χ1v) is 21.1. The number of esters is 5. The molecule has 0 amide bonds. The van der Waals surface area contributed by atoms with Gasteiger partial charge in [-0.1, -0.05) is 117 Å². The zero-order valence-electron chi connectivity index (χ0n) is 34.4. The van der Waals surface area contributed by atoms with Crippen LogP contribution in [-0.2, 0) is 47.7 Å². The van der Waals surface area contributed by atoms with E-state index >= 15 is 0 Å². The normalized spacial score (nSPS) is 12.3. The molecule has 0 bridgehead atoms. The minimum absolute atomic E-state index is 0.0680. The first-order chi connectivity index (χ1) is 25.6. The molecule has 310 valence electrons. The Morgan fingerprint density at radius 2 is 0.792 bits per heavy atom. The van der Waals surface area contributed by atoms with Gasteiger partial charge in [-0.3, -0.25) is 19.2 Å². The van der Waals surface area contributed by atoms with Gasteiger partial charge in [-0.2, -0.15) is 0 Å². The van der Waals surface area contributed by atoms with Crippen molar-refractivity contribution in [2.45, 2.75) is 200 Å². The van der Waals surface area contributed by atoms with Crippen LogP contribution in [0.15, 0.2) is 0 Å². The van der Waals surface area contributed by atoms with Crippen molar-refractivity contribution < 1.29 is 47.7 Å². The highest BCUT2D eigenvalue weighted by molar-refractivity contribution is 5.84. The second-order valence-electron chi connectivity index (χ2n) is 14.6. The fourth-order valence-electron chi connectivity index (χ4n) is 5.55. The van der Waals surface area contributed by atoms with Gasteiger partial charge in [0.15, 0.2) is 0 Å². The Bertz CT molecular complexity index is 941. The maximum Gasteiger partial charge on any atom is 0.348 e. The number of unbranched alkanes of at least 4 members (excludes halogenated alkanes) is 18. The van der Waals surface area contributed by atoms with E-state index in [4.69, 9.17) is 23.7 Å². The van der Waals surface area contributed by atoms with E-state index in [2.05, 4.69) is 13.8 Å².